The van der Waals surface area contributed by atoms with Crippen LogP contribution in [-0.2, 0) is 4.79 Å². The van der Waals surface area contributed by atoms with Gasteiger partial charge in [0.05, 0.1) is 0 Å². The highest BCUT2D eigenvalue weighted by atomic mass is 16.7. The highest BCUT2D eigenvalue weighted by Crippen LogP contribution is 2.32. The molecule has 1 aromatic carbocycles. The van der Waals surface area contributed by atoms with E-state index in [-0.39, 0.29) is 18.6 Å². The van der Waals surface area contributed by atoms with E-state index < -0.39 is 11.9 Å². The average Bonchev–Trinajstić information content (AvgIpc) is 2.90. The Labute approximate surface area is 116 Å². The fourth-order valence-electron chi connectivity index (χ4n) is 1.89. The Morgan fingerprint density at radius 2 is 1.95 bits per heavy atom. The molecule has 0 bridgehead atoms. The highest BCUT2D eigenvalue weighted by molar-refractivity contribution is 5.98. The second-order valence-electron chi connectivity index (χ2n) is 4.77. The lowest BCUT2D eigenvalue weighted by atomic mass is 10.0. The molecule has 0 radical (unpaired) electrons. The van der Waals surface area contributed by atoms with Gasteiger partial charge in [0.2, 0.25) is 6.79 Å². The maximum atomic E-state index is 12.2. The van der Waals surface area contributed by atoms with E-state index in [0.29, 0.717) is 17.1 Å². The van der Waals surface area contributed by atoms with Crippen LogP contribution in [0.1, 0.15) is 24.2 Å². The molecule has 1 aliphatic rings. The van der Waals surface area contributed by atoms with Crippen LogP contribution in [0.2, 0.25) is 0 Å². The summed E-state index contributed by atoms with van der Waals surface area (Å²) in [6, 6.07) is 4.15. The SMILES string of the molecule is CC(C)[C@@H](NC(=O)c1ccc2c(c1)OCO2)C(=O)NN. The molecule has 0 unspecified atom stereocenters. The van der Waals surface area contributed by atoms with Gasteiger partial charge in [0.25, 0.3) is 11.8 Å². The van der Waals surface area contributed by atoms with Gasteiger partial charge in [-0.3, -0.25) is 15.0 Å². The maximum absolute atomic E-state index is 12.2. The van der Waals surface area contributed by atoms with Crippen LogP contribution in [0.5, 0.6) is 11.5 Å². The second kappa shape index (κ2) is 5.79. The Bertz CT molecular complexity index is 530. The van der Waals surface area contributed by atoms with Crippen LogP contribution in [0.4, 0.5) is 0 Å². The van der Waals surface area contributed by atoms with Crippen molar-refractivity contribution in [3.63, 3.8) is 0 Å². The van der Waals surface area contributed by atoms with Crippen LogP contribution in [0.3, 0.4) is 0 Å². The van der Waals surface area contributed by atoms with Crippen molar-refractivity contribution < 1.29 is 19.1 Å². The lowest BCUT2D eigenvalue weighted by Crippen LogP contribution is -2.51. The molecule has 2 rings (SSSR count). The minimum absolute atomic E-state index is 0.0866. The Morgan fingerprint density at radius 3 is 2.60 bits per heavy atom. The van der Waals surface area contributed by atoms with Crippen molar-refractivity contribution in [1.82, 2.24) is 10.7 Å². The number of carbonyl (C=O) groups is 2. The van der Waals surface area contributed by atoms with Gasteiger partial charge in [0.15, 0.2) is 11.5 Å². The fraction of sp³-hybridized carbons (Fsp3) is 0.385. The number of amides is 2. The molecule has 1 heterocycles. The molecule has 0 aromatic heterocycles. The Hall–Kier alpha value is -2.28. The summed E-state index contributed by atoms with van der Waals surface area (Å²) >= 11 is 0. The molecule has 2 amide bonds. The Kier molecular flexibility index (Phi) is 4.09. The Balaban J connectivity index is 2.12. The summed E-state index contributed by atoms with van der Waals surface area (Å²) in [7, 11) is 0. The minimum atomic E-state index is -0.696. The predicted molar refractivity (Wildman–Crippen MR) is 71.0 cm³/mol. The Morgan fingerprint density at radius 1 is 1.25 bits per heavy atom. The number of benzene rings is 1. The van der Waals surface area contributed by atoms with Crippen molar-refractivity contribution in [3.05, 3.63) is 23.8 Å². The summed E-state index contributed by atoms with van der Waals surface area (Å²) in [4.78, 5) is 23.8. The maximum Gasteiger partial charge on any atom is 0.256 e. The number of carbonyl (C=O) groups excluding carboxylic acids is 2. The molecule has 7 nitrogen and oxygen atoms in total. The van der Waals surface area contributed by atoms with E-state index in [2.05, 4.69) is 5.32 Å². The molecule has 0 fully saturated rings. The number of fused-ring (bicyclic) bond motifs is 1. The van der Waals surface area contributed by atoms with Crippen LogP contribution < -0.4 is 26.1 Å². The van der Waals surface area contributed by atoms with E-state index in [0.717, 1.165) is 0 Å². The van der Waals surface area contributed by atoms with Gasteiger partial charge in [-0.2, -0.15) is 0 Å². The molecule has 20 heavy (non-hydrogen) atoms. The fourth-order valence-corrected chi connectivity index (χ4v) is 1.89. The summed E-state index contributed by atoms with van der Waals surface area (Å²) in [6.07, 6.45) is 0. The molecular formula is C13H17N3O4. The van der Waals surface area contributed by atoms with Gasteiger partial charge < -0.3 is 14.8 Å². The monoisotopic (exact) mass is 279 g/mol. The molecule has 1 atom stereocenters. The van der Waals surface area contributed by atoms with Gasteiger partial charge in [-0.1, -0.05) is 13.8 Å². The van der Waals surface area contributed by atoms with Gasteiger partial charge in [-0.25, -0.2) is 5.84 Å². The molecule has 0 saturated heterocycles. The zero-order valence-electron chi connectivity index (χ0n) is 11.3. The molecule has 0 spiro atoms. The lowest BCUT2D eigenvalue weighted by molar-refractivity contribution is -0.124. The lowest BCUT2D eigenvalue weighted by Gasteiger charge is -2.20. The van der Waals surface area contributed by atoms with Gasteiger partial charge in [-0.05, 0) is 24.1 Å². The first kappa shape index (κ1) is 14.1. The van der Waals surface area contributed by atoms with E-state index in [1.807, 2.05) is 19.3 Å². The number of ether oxygens (including phenoxy) is 2. The normalized spacial score (nSPS) is 14.0. The van der Waals surface area contributed by atoms with Gasteiger partial charge in [-0.15, -0.1) is 0 Å². The van der Waals surface area contributed by atoms with E-state index in [1.165, 1.54) is 0 Å². The average molecular weight is 279 g/mol. The molecule has 0 saturated carbocycles. The third kappa shape index (κ3) is 2.83. The van der Waals surface area contributed by atoms with Crippen LogP contribution in [-0.4, -0.2) is 24.6 Å². The third-order valence-electron chi connectivity index (χ3n) is 3.01. The van der Waals surface area contributed by atoms with Gasteiger partial charge >= 0.3 is 0 Å². The summed E-state index contributed by atoms with van der Waals surface area (Å²) in [6.45, 7) is 3.78. The van der Waals surface area contributed by atoms with Crippen molar-refractivity contribution in [3.8, 4) is 11.5 Å². The van der Waals surface area contributed by atoms with Gasteiger partial charge in [0.1, 0.15) is 6.04 Å². The molecule has 1 aromatic rings. The summed E-state index contributed by atoms with van der Waals surface area (Å²) in [5.74, 6) is 5.33. The smallest absolute Gasteiger partial charge is 0.256 e. The van der Waals surface area contributed by atoms with E-state index in [9.17, 15) is 9.59 Å². The number of nitrogens with two attached hydrogens (primary N) is 1. The van der Waals surface area contributed by atoms with E-state index in [4.69, 9.17) is 15.3 Å². The first-order valence-corrected chi connectivity index (χ1v) is 6.24. The van der Waals surface area contributed by atoms with Crippen LogP contribution >= 0.6 is 0 Å². The quantitative estimate of drug-likeness (QED) is 0.414. The zero-order valence-corrected chi connectivity index (χ0v) is 11.3. The summed E-state index contributed by atoms with van der Waals surface area (Å²) in [5, 5.41) is 2.65. The minimum Gasteiger partial charge on any atom is -0.454 e. The second-order valence-corrected chi connectivity index (χ2v) is 4.77. The van der Waals surface area contributed by atoms with Crippen molar-refractivity contribution in [1.29, 1.82) is 0 Å². The van der Waals surface area contributed by atoms with Gasteiger partial charge in [0, 0.05) is 5.56 Å². The molecule has 4 N–H and O–H groups in total. The molecule has 108 valence electrons. The molecule has 1 aliphatic heterocycles. The first-order valence-electron chi connectivity index (χ1n) is 6.24. The summed E-state index contributed by atoms with van der Waals surface area (Å²) < 4.78 is 10.4. The van der Waals surface area contributed by atoms with E-state index >= 15 is 0 Å². The molecule has 7 heteroatoms. The highest BCUT2D eigenvalue weighted by Gasteiger charge is 2.25. The van der Waals surface area contributed by atoms with Crippen molar-refractivity contribution in [2.24, 2.45) is 11.8 Å². The van der Waals surface area contributed by atoms with Crippen LogP contribution in [0.25, 0.3) is 0 Å². The standard InChI is InChI=1S/C13H17N3O4/c1-7(2)11(13(18)16-14)15-12(17)8-3-4-9-10(5-8)20-6-19-9/h3-5,7,11H,6,14H2,1-2H3,(H,15,17)(H,16,18)/t11-/m1/s1. The number of hydrogen-bond acceptors (Lipinski definition) is 5. The number of hydrogen-bond donors (Lipinski definition) is 3. The molecule has 0 aliphatic carbocycles. The topological polar surface area (TPSA) is 103 Å². The van der Waals surface area contributed by atoms with Crippen LogP contribution in [0.15, 0.2) is 18.2 Å². The number of rotatable bonds is 4. The van der Waals surface area contributed by atoms with Crippen molar-refractivity contribution in [2.75, 3.05) is 6.79 Å². The van der Waals surface area contributed by atoms with E-state index in [1.54, 1.807) is 18.2 Å². The summed E-state index contributed by atoms with van der Waals surface area (Å²) in [5.41, 5.74) is 2.44. The molecular weight excluding hydrogens is 262 g/mol. The number of hydrazine groups is 1. The largest absolute Gasteiger partial charge is 0.454 e. The zero-order chi connectivity index (χ0) is 14.7. The van der Waals surface area contributed by atoms with Crippen molar-refractivity contribution in [2.45, 2.75) is 19.9 Å². The predicted octanol–water partition coefficient (Wildman–Crippen LogP) is 0.160. The third-order valence-corrected chi connectivity index (χ3v) is 3.01. The number of nitrogens with one attached hydrogen (secondary N) is 2. The first-order chi connectivity index (χ1) is 9.52. The van der Waals surface area contributed by atoms with Crippen molar-refractivity contribution >= 4 is 11.8 Å². The van der Waals surface area contributed by atoms with Crippen LogP contribution in [0, 0.1) is 5.92 Å².